The minimum atomic E-state index is 0.0787. The summed E-state index contributed by atoms with van der Waals surface area (Å²) in [5.74, 6) is 0. The predicted molar refractivity (Wildman–Crippen MR) is 82.0 cm³/mol. The molecule has 0 aromatic heterocycles. The van der Waals surface area contributed by atoms with Gasteiger partial charge in [-0.2, -0.15) is 0 Å². The van der Waals surface area contributed by atoms with Crippen molar-refractivity contribution >= 4 is 21.6 Å². The fourth-order valence-electron chi connectivity index (χ4n) is 2.93. The van der Waals surface area contributed by atoms with Gasteiger partial charge in [0.15, 0.2) is 0 Å². The molecule has 100 valence electrons. The zero-order chi connectivity index (χ0) is 13.1. The van der Waals surface area contributed by atoms with Gasteiger partial charge in [0.25, 0.3) is 0 Å². The number of hydrogen-bond acceptors (Lipinski definition) is 2. The zero-order valence-electron chi connectivity index (χ0n) is 11.3. The number of nitrogens with zero attached hydrogens (tertiary/aromatic N) is 1. The van der Waals surface area contributed by atoms with Gasteiger partial charge >= 0.3 is 0 Å². The lowest BCUT2D eigenvalue weighted by Gasteiger charge is -2.30. The normalized spacial score (nSPS) is 18.0. The Bertz CT molecular complexity index is 397. The van der Waals surface area contributed by atoms with Gasteiger partial charge in [-0.05, 0) is 44.4 Å². The molecule has 2 rings (SSSR count). The van der Waals surface area contributed by atoms with Crippen LogP contribution in [0, 0.1) is 0 Å². The lowest BCUT2D eigenvalue weighted by Crippen LogP contribution is -2.32. The van der Waals surface area contributed by atoms with Crippen LogP contribution in [-0.2, 0) is 0 Å². The summed E-state index contributed by atoms with van der Waals surface area (Å²) in [6.07, 6.45) is 5.42. The summed E-state index contributed by atoms with van der Waals surface area (Å²) in [5, 5.41) is 0. The molecule has 1 aromatic carbocycles. The van der Waals surface area contributed by atoms with Crippen molar-refractivity contribution in [2.45, 2.75) is 51.6 Å². The summed E-state index contributed by atoms with van der Waals surface area (Å²) in [4.78, 5) is 2.53. The highest BCUT2D eigenvalue weighted by atomic mass is 79.9. The molecule has 0 aliphatic heterocycles. The van der Waals surface area contributed by atoms with E-state index in [0.29, 0.717) is 0 Å². The molecule has 0 bridgehead atoms. The van der Waals surface area contributed by atoms with Gasteiger partial charge in [0.2, 0.25) is 0 Å². The summed E-state index contributed by atoms with van der Waals surface area (Å²) >= 11 is 3.65. The molecule has 1 fully saturated rings. The molecule has 0 spiro atoms. The molecule has 1 saturated carbocycles. The molecule has 1 aliphatic carbocycles. The maximum absolute atomic E-state index is 5.95. The van der Waals surface area contributed by atoms with Crippen LogP contribution in [0.15, 0.2) is 22.7 Å². The minimum absolute atomic E-state index is 0.0787. The first-order valence-corrected chi connectivity index (χ1v) is 7.74. The number of benzene rings is 1. The lowest BCUT2D eigenvalue weighted by atomic mass is 10.1. The van der Waals surface area contributed by atoms with Crippen molar-refractivity contribution in [3.63, 3.8) is 0 Å². The van der Waals surface area contributed by atoms with Crippen LogP contribution in [0.25, 0.3) is 0 Å². The van der Waals surface area contributed by atoms with Gasteiger partial charge in [0.05, 0.1) is 0 Å². The van der Waals surface area contributed by atoms with Crippen LogP contribution in [0.3, 0.4) is 0 Å². The molecule has 1 unspecified atom stereocenters. The van der Waals surface area contributed by atoms with Crippen LogP contribution >= 0.6 is 15.9 Å². The van der Waals surface area contributed by atoms with Gasteiger partial charge in [-0.1, -0.05) is 34.8 Å². The third-order valence-corrected chi connectivity index (χ3v) is 4.60. The smallest absolute Gasteiger partial charge is 0.0380 e. The summed E-state index contributed by atoms with van der Waals surface area (Å²) in [5.41, 5.74) is 8.45. The van der Waals surface area contributed by atoms with Crippen LogP contribution in [0.2, 0.25) is 0 Å². The van der Waals surface area contributed by atoms with Gasteiger partial charge < -0.3 is 10.6 Å². The van der Waals surface area contributed by atoms with Crippen LogP contribution in [0.1, 0.15) is 51.1 Å². The van der Waals surface area contributed by atoms with E-state index < -0.39 is 0 Å². The van der Waals surface area contributed by atoms with Crippen molar-refractivity contribution in [2.75, 3.05) is 11.4 Å². The Balaban J connectivity index is 2.23. The molecular formula is C15H23BrN2. The van der Waals surface area contributed by atoms with Crippen molar-refractivity contribution in [1.82, 2.24) is 0 Å². The first kappa shape index (κ1) is 13.9. The van der Waals surface area contributed by atoms with Crippen LogP contribution in [-0.4, -0.2) is 12.6 Å². The fraction of sp³-hybridized carbons (Fsp3) is 0.600. The predicted octanol–water partition coefficient (Wildman–Crippen LogP) is 4.24. The molecule has 2 nitrogen and oxygen atoms in total. The molecule has 1 aromatic rings. The van der Waals surface area contributed by atoms with E-state index in [1.165, 1.54) is 36.9 Å². The van der Waals surface area contributed by atoms with Crippen molar-refractivity contribution < 1.29 is 0 Å². The Morgan fingerprint density at radius 2 is 2.06 bits per heavy atom. The number of rotatable bonds is 4. The quantitative estimate of drug-likeness (QED) is 0.901. The average molecular weight is 311 g/mol. The first-order chi connectivity index (χ1) is 8.63. The molecule has 1 atom stereocenters. The van der Waals surface area contributed by atoms with E-state index in [-0.39, 0.29) is 6.04 Å². The standard InChI is InChI=1S/C15H23BrN2/c1-3-18(12-6-4-5-7-12)13-8-9-14(11(2)17)15(16)10-13/h8-12H,3-7,17H2,1-2H3. The van der Waals surface area contributed by atoms with E-state index >= 15 is 0 Å². The lowest BCUT2D eigenvalue weighted by molar-refractivity contribution is 0.619. The summed E-state index contributed by atoms with van der Waals surface area (Å²) < 4.78 is 1.13. The van der Waals surface area contributed by atoms with Crippen LogP contribution < -0.4 is 10.6 Å². The van der Waals surface area contributed by atoms with Crippen molar-refractivity contribution in [2.24, 2.45) is 5.73 Å². The van der Waals surface area contributed by atoms with Gasteiger partial charge in [-0.3, -0.25) is 0 Å². The molecule has 0 saturated heterocycles. The highest BCUT2D eigenvalue weighted by Gasteiger charge is 2.22. The molecule has 3 heteroatoms. The molecule has 0 radical (unpaired) electrons. The number of anilines is 1. The largest absolute Gasteiger partial charge is 0.369 e. The Hall–Kier alpha value is -0.540. The van der Waals surface area contributed by atoms with E-state index in [1.807, 2.05) is 6.92 Å². The van der Waals surface area contributed by atoms with Crippen LogP contribution in [0.5, 0.6) is 0 Å². The monoisotopic (exact) mass is 310 g/mol. The fourth-order valence-corrected chi connectivity index (χ4v) is 3.66. The topological polar surface area (TPSA) is 29.3 Å². The summed E-state index contributed by atoms with van der Waals surface area (Å²) in [6, 6.07) is 7.39. The summed E-state index contributed by atoms with van der Waals surface area (Å²) in [6.45, 7) is 5.34. The highest BCUT2D eigenvalue weighted by molar-refractivity contribution is 9.10. The molecule has 18 heavy (non-hydrogen) atoms. The molecule has 1 aliphatic rings. The number of halogens is 1. The van der Waals surface area contributed by atoms with E-state index in [1.54, 1.807) is 0 Å². The van der Waals surface area contributed by atoms with Crippen LogP contribution in [0.4, 0.5) is 5.69 Å². The number of nitrogens with two attached hydrogens (primary N) is 1. The van der Waals surface area contributed by atoms with Gasteiger partial charge in [-0.15, -0.1) is 0 Å². The second kappa shape index (κ2) is 6.07. The number of hydrogen-bond donors (Lipinski definition) is 1. The molecular weight excluding hydrogens is 288 g/mol. The third kappa shape index (κ3) is 2.89. The maximum atomic E-state index is 5.95. The van der Waals surface area contributed by atoms with Gasteiger partial charge in [0.1, 0.15) is 0 Å². The maximum Gasteiger partial charge on any atom is 0.0380 e. The second-order valence-electron chi connectivity index (χ2n) is 5.22. The van der Waals surface area contributed by atoms with Gasteiger partial charge in [-0.25, -0.2) is 0 Å². The Labute approximate surface area is 119 Å². The van der Waals surface area contributed by atoms with E-state index in [9.17, 15) is 0 Å². The van der Waals surface area contributed by atoms with Crippen molar-refractivity contribution in [1.29, 1.82) is 0 Å². The van der Waals surface area contributed by atoms with E-state index in [0.717, 1.165) is 17.1 Å². The second-order valence-corrected chi connectivity index (χ2v) is 6.07. The third-order valence-electron chi connectivity index (χ3n) is 3.91. The minimum Gasteiger partial charge on any atom is -0.369 e. The molecule has 2 N–H and O–H groups in total. The Morgan fingerprint density at radius 3 is 2.56 bits per heavy atom. The first-order valence-electron chi connectivity index (χ1n) is 6.95. The Kier molecular flexibility index (Phi) is 4.68. The molecule has 0 amide bonds. The van der Waals surface area contributed by atoms with E-state index in [2.05, 4.69) is 46.0 Å². The Morgan fingerprint density at radius 1 is 1.39 bits per heavy atom. The van der Waals surface area contributed by atoms with E-state index in [4.69, 9.17) is 5.73 Å². The van der Waals surface area contributed by atoms with Gasteiger partial charge in [0, 0.05) is 28.8 Å². The van der Waals surface area contributed by atoms with Crippen molar-refractivity contribution in [3.8, 4) is 0 Å². The average Bonchev–Trinajstić information content (AvgIpc) is 2.83. The SMILES string of the molecule is CCN(c1ccc(C(C)N)c(Br)c1)C1CCCC1. The molecule has 0 heterocycles. The van der Waals surface area contributed by atoms with Crippen molar-refractivity contribution in [3.05, 3.63) is 28.2 Å². The zero-order valence-corrected chi connectivity index (χ0v) is 12.9. The highest BCUT2D eigenvalue weighted by Crippen LogP contribution is 2.32. The summed E-state index contributed by atoms with van der Waals surface area (Å²) in [7, 11) is 0.